The van der Waals surface area contributed by atoms with Gasteiger partial charge < -0.3 is 9.47 Å². The summed E-state index contributed by atoms with van der Waals surface area (Å²) in [6.07, 6.45) is 16.7. The average molecular weight is 306 g/mol. The second-order valence-electron chi connectivity index (χ2n) is 6.38. The molecule has 0 saturated carbocycles. The Hall–Kier alpha value is -1.27. The van der Waals surface area contributed by atoms with Crippen LogP contribution in [0.4, 0.5) is 0 Å². The van der Waals surface area contributed by atoms with Crippen LogP contribution in [0.5, 0.6) is 0 Å². The Balaban J connectivity index is 2.36. The number of ether oxygens (including phenoxy) is 2. The largest absolute Gasteiger partial charge is 0.458 e. The van der Waals surface area contributed by atoms with E-state index < -0.39 is 5.60 Å². The third-order valence-electron chi connectivity index (χ3n) is 4.38. The smallest absolute Gasteiger partial charge is 0.303 e. The lowest BCUT2D eigenvalue weighted by molar-refractivity contribution is -0.166. The highest BCUT2D eigenvalue weighted by Crippen LogP contribution is 2.37. The Labute approximate surface area is 135 Å². The van der Waals surface area contributed by atoms with E-state index in [1.165, 1.54) is 32.6 Å². The Morgan fingerprint density at radius 2 is 2.23 bits per heavy atom. The zero-order chi connectivity index (χ0) is 16.4. The molecule has 0 radical (unpaired) electrons. The maximum atomic E-state index is 11.3. The van der Waals surface area contributed by atoms with E-state index in [2.05, 4.69) is 12.5 Å². The lowest BCUT2D eigenvalue weighted by Gasteiger charge is -2.32. The summed E-state index contributed by atoms with van der Waals surface area (Å²) in [4.78, 5) is 11.3. The monoisotopic (exact) mass is 306 g/mol. The molecule has 0 unspecified atom stereocenters. The van der Waals surface area contributed by atoms with Crippen LogP contribution in [-0.4, -0.2) is 23.8 Å². The molecule has 1 rings (SSSR count). The number of rotatable bonds is 10. The fourth-order valence-electron chi connectivity index (χ4n) is 3.09. The van der Waals surface area contributed by atoms with Crippen molar-refractivity contribution in [1.82, 2.24) is 0 Å². The number of allylic oxidation sites excluding steroid dienone is 1. The summed E-state index contributed by atoms with van der Waals surface area (Å²) in [5, 5.41) is 0. The molecule has 1 aliphatic heterocycles. The van der Waals surface area contributed by atoms with Crippen molar-refractivity contribution in [2.75, 3.05) is 0 Å². The molecule has 0 N–H and O–H groups in total. The summed E-state index contributed by atoms with van der Waals surface area (Å²) in [5.74, 6) is 2.30. The Kier molecular flexibility index (Phi) is 8.27. The molecule has 1 fully saturated rings. The standard InChI is InChI=1S/C19H30O3/c1-5-7-8-9-10-11-13-17-14-15-19(4,22-17)18(12-6-2)21-16(3)20/h2,5,17-18H,1,7-15H2,3-4H3/t17-,18-,19+/m1/s1. The number of esters is 1. The number of unbranched alkanes of at least 4 members (excludes halogenated alkanes) is 4. The van der Waals surface area contributed by atoms with E-state index >= 15 is 0 Å². The maximum Gasteiger partial charge on any atom is 0.303 e. The molecule has 124 valence electrons. The number of carbonyl (C=O) groups is 1. The number of carbonyl (C=O) groups excluding carboxylic acids is 1. The van der Waals surface area contributed by atoms with E-state index in [4.69, 9.17) is 15.9 Å². The Morgan fingerprint density at radius 1 is 1.50 bits per heavy atom. The second-order valence-corrected chi connectivity index (χ2v) is 6.38. The van der Waals surface area contributed by atoms with Gasteiger partial charge in [0.1, 0.15) is 11.7 Å². The minimum Gasteiger partial charge on any atom is -0.458 e. The van der Waals surface area contributed by atoms with Crippen LogP contribution in [0.1, 0.15) is 71.6 Å². The van der Waals surface area contributed by atoms with Gasteiger partial charge >= 0.3 is 5.97 Å². The molecule has 0 aromatic heterocycles. The average Bonchev–Trinajstić information content (AvgIpc) is 2.85. The van der Waals surface area contributed by atoms with Crippen molar-refractivity contribution in [2.45, 2.75) is 89.4 Å². The van der Waals surface area contributed by atoms with Gasteiger partial charge in [0.15, 0.2) is 0 Å². The summed E-state index contributed by atoms with van der Waals surface area (Å²) < 4.78 is 11.6. The molecule has 0 amide bonds. The normalized spacial score (nSPS) is 25.4. The van der Waals surface area contributed by atoms with Crippen LogP contribution in [0.15, 0.2) is 12.7 Å². The molecule has 3 heteroatoms. The molecule has 1 aliphatic rings. The minimum absolute atomic E-state index is 0.264. The summed E-state index contributed by atoms with van der Waals surface area (Å²) in [5.41, 5.74) is -0.439. The van der Waals surface area contributed by atoms with Crippen LogP contribution in [0.25, 0.3) is 0 Å². The van der Waals surface area contributed by atoms with Crippen molar-refractivity contribution in [3.63, 3.8) is 0 Å². The van der Waals surface area contributed by atoms with E-state index in [0.29, 0.717) is 6.42 Å². The van der Waals surface area contributed by atoms with Gasteiger partial charge in [-0.1, -0.05) is 25.3 Å². The first-order chi connectivity index (χ1) is 10.5. The van der Waals surface area contributed by atoms with Crippen LogP contribution in [0.2, 0.25) is 0 Å². The molecular weight excluding hydrogens is 276 g/mol. The second kappa shape index (κ2) is 9.69. The van der Waals surface area contributed by atoms with Crippen LogP contribution in [0.3, 0.4) is 0 Å². The van der Waals surface area contributed by atoms with Gasteiger partial charge in [0.2, 0.25) is 0 Å². The number of hydrogen-bond acceptors (Lipinski definition) is 3. The molecule has 1 saturated heterocycles. The molecule has 3 nitrogen and oxygen atoms in total. The predicted molar refractivity (Wildman–Crippen MR) is 89.4 cm³/mol. The highest BCUT2D eigenvalue weighted by atomic mass is 16.6. The first-order valence-corrected chi connectivity index (χ1v) is 8.41. The van der Waals surface area contributed by atoms with Gasteiger partial charge in [-0.15, -0.1) is 18.9 Å². The highest BCUT2D eigenvalue weighted by molar-refractivity contribution is 5.66. The fraction of sp³-hybridized carbons (Fsp3) is 0.737. The first kappa shape index (κ1) is 18.8. The van der Waals surface area contributed by atoms with Gasteiger partial charge in [0.25, 0.3) is 0 Å². The fourth-order valence-corrected chi connectivity index (χ4v) is 3.09. The minimum atomic E-state index is -0.439. The lowest BCUT2D eigenvalue weighted by Crippen LogP contribution is -2.42. The first-order valence-electron chi connectivity index (χ1n) is 8.41. The SMILES string of the molecule is C#CC[C@@H](OC(C)=O)[C@]1(C)CC[C@@H](CCCCCCC=C)O1. The molecule has 0 spiro atoms. The van der Waals surface area contributed by atoms with Gasteiger partial charge in [-0.25, -0.2) is 0 Å². The van der Waals surface area contributed by atoms with Gasteiger partial charge in [-0.05, 0) is 39.0 Å². The Bertz CT molecular complexity index is 396. The summed E-state index contributed by atoms with van der Waals surface area (Å²) >= 11 is 0. The van der Waals surface area contributed by atoms with E-state index in [-0.39, 0.29) is 18.2 Å². The van der Waals surface area contributed by atoms with Crippen LogP contribution in [-0.2, 0) is 14.3 Å². The molecule has 0 aromatic rings. The van der Waals surface area contributed by atoms with Crippen molar-refractivity contribution in [1.29, 1.82) is 0 Å². The number of terminal acetylenes is 1. The van der Waals surface area contributed by atoms with E-state index in [1.54, 1.807) is 0 Å². The van der Waals surface area contributed by atoms with Crippen molar-refractivity contribution < 1.29 is 14.3 Å². The number of hydrogen-bond donors (Lipinski definition) is 0. The van der Waals surface area contributed by atoms with Crippen LogP contribution < -0.4 is 0 Å². The molecular formula is C19H30O3. The molecule has 0 aromatic carbocycles. The maximum absolute atomic E-state index is 11.3. The van der Waals surface area contributed by atoms with E-state index in [1.807, 2.05) is 13.0 Å². The summed E-state index contributed by atoms with van der Waals surface area (Å²) in [6.45, 7) is 7.17. The molecule has 0 aliphatic carbocycles. The van der Waals surface area contributed by atoms with E-state index in [0.717, 1.165) is 25.7 Å². The third-order valence-corrected chi connectivity index (χ3v) is 4.38. The van der Waals surface area contributed by atoms with Crippen molar-refractivity contribution >= 4 is 5.97 Å². The summed E-state index contributed by atoms with van der Waals surface area (Å²) in [6, 6.07) is 0. The quantitative estimate of drug-likeness (QED) is 0.260. The van der Waals surface area contributed by atoms with Crippen LogP contribution in [0, 0.1) is 12.3 Å². The lowest BCUT2D eigenvalue weighted by atomic mass is 9.92. The highest BCUT2D eigenvalue weighted by Gasteiger charge is 2.43. The van der Waals surface area contributed by atoms with Gasteiger partial charge in [0, 0.05) is 13.3 Å². The third kappa shape index (κ3) is 6.23. The van der Waals surface area contributed by atoms with Crippen LogP contribution >= 0.6 is 0 Å². The van der Waals surface area contributed by atoms with Gasteiger partial charge in [0.05, 0.1) is 6.10 Å². The molecule has 0 bridgehead atoms. The predicted octanol–water partition coefficient (Wildman–Crippen LogP) is 4.41. The zero-order valence-corrected chi connectivity index (χ0v) is 14.1. The van der Waals surface area contributed by atoms with E-state index in [9.17, 15) is 4.79 Å². The van der Waals surface area contributed by atoms with Gasteiger partial charge in [-0.3, -0.25) is 4.79 Å². The molecule has 3 atom stereocenters. The summed E-state index contributed by atoms with van der Waals surface area (Å²) in [7, 11) is 0. The van der Waals surface area contributed by atoms with Gasteiger partial charge in [-0.2, -0.15) is 0 Å². The molecule has 1 heterocycles. The van der Waals surface area contributed by atoms with Crippen molar-refractivity contribution in [3.05, 3.63) is 12.7 Å². The van der Waals surface area contributed by atoms with Crippen molar-refractivity contribution in [2.24, 2.45) is 0 Å². The topological polar surface area (TPSA) is 35.5 Å². The Morgan fingerprint density at radius 3 is 2.86 bits per heavy atom. The van der Waals surface area contributed by atoms with Crippen molar-refractivity contribution in [3.8, 4) is 12.3 Å². The zero-order valence-electron chi connectivity index (χ0n) is 14.1. The molecule has 22 heavy (non-hydrogen) atoms.